The van der Waals surface area contributed by atoms with Gasteiger partial charge >= 0.3 is 0 Å². The number of morpholine rings is 1. The molecule has 0 aromatic heterocycles. The highest BCUT2D eigenvalue weighted by Gasteiger charge is 2.30. The number of nitrogens with zero attached hydrogens (tertiary/aromatic N) is 1. The average molecular weight is 460 g/mol. The summed E-state index contributed by atoms with van der Waals surface area (Å²) in [7, 11) is -3.60. The van der Waals surface area contributed by atoms with E-state index >= 15 is 0 Å². The molecule has 1 aromatic rings. The van der Waals surface area contributed by atoms with Crippen LogP contribution < -0.4 is 10.0 Å². The third-order valence-corrected chi connectivity index (χ3v) is 7.15. The number of carbonyl (C=O) groups excluding carboxylic acids is 1. The smallest absolute Gasteiger partial charge is 0.252 e. The maximum absolute atomic E-state index is 12.7. The molecule has 1 aliphatic heterocycles. The van der Waals surface area contributed by atoms with Crippen LogP contribution in [-0.4, -0.2) is 63.7 Å². The third-order valence-electron chi connectivity index (χ3n) is 4.94. The molecular formula is C18H26BrN3O4S. The second-order valence-corrected chi connectivity index (χ2v) is 10.2. The minimum atomic E-state index is -3.60. The van der Waals surface area contributed by atoms with E-state index in [-0.39, 0.29) is 22.4 Å². The summed E-state index contributed by atoms with van der Waals surface area (Å²) >= 11 is 3.36. The van der Waals surface area contributed by atoms with Crippen molar-refractivity contribution < 1.29 is 17.9 Å². The molecule has 9 heteroatoms. The van der Waals surface area contributed by atoms with E-state index in [0.29, 0.717) is 29.8 Å². The Hall–Kier alpha value is -1.00. The Morgan fingerprint density at radius 3 is 2.59 bits per heavy atom. The van der Waals surface area contributed by atoms with E-state index in [9.17, 15) is 13.2 Å². The summed E-state index contributed by atoms with van der Waals surface area (Å²) in [5.74, 6) is -0.299. The van der Waals surface area contributed by atoms with Gasteiger partial charge in [0.1, 0.15) is 0 Å². The first-order chi connectivity index (χ1) is 12.7. The van der Waals surface area contributed by atoms with Crippen molar-refractivity contribution in [3.63, 3.8) is 0 Å². The van der Waals surface area contributed by atoms with E-state index in [1.807, 2.05) is 0 Å². The van der Waals surface area contributed by atoms with E-state index in [1.165, 1.54) is 12.1 Å². The topological polar surface area (TPSA) is 87.7 Å². The number of sulfonamides is 1. The van der Waals surface area contributed by atoms with E-state index in [0.717, 1.165) is 25.9 Å². The number of benzene rings is 1. The van der Waals surface area contributed by atoms with Crippen molar-refractivity contribution >= 4 is 31.9 Å². The van der Waals surface area contributed by atoms with Gasteiger partial charge in [0.05, 0.1) is 23.7 Å². The summed E-state index contributed by atoms with van der Waals surface area (Å²) in [6.07, 6.45) is 1.72. The Morgan fingerprint density at radius 2 is 1.96 bits per heavy atom. The standard InChI is InChI=1S/C18H26BrN3O4S/c1-18(2,22-7-9-26-10-8-22)12-20-17(23)15-11-14(5-6-16(15)19)27(24,25)21-13-3-4-13/h5-6,11,13,21H,3-4,7-10,12H2,1-2H3,(H,20,23). The molecule has 1 amide bonds. The van der Waals surface area contributed by atoms with Crippen LogP contribution in [0, 0.1) is 0 Å². The predicted molar refractivity (Wildman–Crippen MR) is 106 cm³/mol. The largest absolute Gasteiger partial charge is 0.379 e. The van der Waals surface area contributed by atoms with E-state index in [4.69, 9.17) is 4.74 Å². The number of amides is 1. The van der Waals surface area contributed by atoms with Crippen LogP contribution in [-0.2, 0) is 14.8 Å². The highest BCUT2D eigenvalue weighted by molar-refractivity contribution is 9.10. The average Bonchev–Trinajstić information content (AvgIpc) is 3.44. The molecular weight excluding hydrogens is 434 g/mol. The highest BCUT2D eigenvalue weighted by atomic mass is 79.9. The van der Waals surface area contributed by atoms with Crippen molar-refractivity contribution in [3.8, 4) is 0 Å². The van der Waals surface area contributed by atoms with Crippen LogP contribution in [0.15, 0.2) is 27.6 Å². The molecule has 2 aliphatic rings. The molecule has 0 atom stereocenters. The molecule has 1 aliphatic carbocycles. The lowest BCUT2D eigenvalue weighted by atomic mass is 10.0. The molecule has 1 aromatic carbocycles. The molecule has 3 rings (SSSR count). The number of carbonyl (C=O) groups is 1. The first kappa shape index (κ1) is 20.7. The van der Waals surface area contributed by atoms with Crippen LogP contribution >= 0.6 is 15.9 Å². The summed E-state index contributed by atoms with van der Waals surface area (Å²) in [5, 5.41) is 2.94. The first-order valence-electron chi connectivity index (χ1n) is 9.12. The lowest BCUT2D eigenvalue weighted by Crippen LogP contribution is -2.55. The van der Waals surface area contributed by atoms with Crippen LogP contribution in [0.25, 0.3) is 0 Å². The minimum Gasteiger partial charge on any atom is -0.379 e. The third kappa shape index (κ3) is 5.29. The zero-order chi connectivity index (χ0) is 19.7. The summed E-state index contributed by atoms with van der Waals surface area (Å²) in [4.78, 5) is 15.1. The lowest BCUT2D eigenvalue weighted by Gasteiger charge is -2.40. The molecule has 0 unspecified atom stereocenters. The molecule has 1 saturated carbocycles. The normalized spacial score (nSPS) is 19.1. The predicted octanol–water partition coefficient (Wildman–Crippen LogP) is 1.73. The molecule has 0 radical (unpaired) electrons. The molecule has 2 N–H and O–H groups in total. The van der Waals surface area contributed by atoms with Gasteiger partial charge in [0.25, 0.3) is 5.91 Å². The monoisotopic (exact) mass is 459 g/mol. The number of nitrogens with one attached hydrogen (secondary N) is 2. The summed E-state index contributed by atoms with van der Waals surface area (Å²) in [5.41, 5.74) is 0.0924. The van der Waals surface area contributed by atoms with Crippen LogP contribution in [0.3, 0.4) is 0 Å². The Kier molecular flexibility index (Phi) is 6.27. The van der Waals surface area contributed by atoms with Crippen molar-refractivity contribution in [1.82, 2.24) is 14.9 Å². The van der Waals surface area contributed by atoms with Gasteiger partial charge in [-0.15, -0.1) is 0 Å². The van der Waals surface area contributed by atoms with Gasteiger partial charge in [-0.2, -0.15) is 0 Å². The molecule has 150 valence electrons. The van der Waals surface area contributed by atoms with E-state index in [1.54, 1.807) is 6.07 Å². The minimum absolute atomic E-state index is 0.0187. The number of halogens is 1. The molecule has 1 heterocycles. The Morgan fingerprint density at radius 1 is 1.30 bits per heavy atom. The van der Waals surface area contributed by atoms with Gasteiger partial charge in [0.2, 0.25) is 10.0 Å². The van der Waals surface area contributed by atoms with Crippen molar-refractivity contribution in [3.05, 3.63) is 28.2 Å². The second-order valence-electron chi connectivity index (χ2n) is 7.63. The van der Waals surface area contributed by atoms with E-state index in [2.05, 4.69) is 44.7 Å². The van der Waals surface area contributed by atoms with Gasteiger partial charge in [-0.05, 0) is 60.8 Å². The SMILES string of the molecule is CC(C)(CNC(=O)c1cc(S(=O)(=O)NC2CC2)ccc1Br)N1CCOCC1. The zero-order valence-corrected chi connectivity index (χ0v) is 18.0. The first-order valence-corrected chi connectivity index (χ1v) is 11.4. The number of ether oxygens (including phenoxy) is 1. The van der Waals surface area contributed by atoms with Crippen molar-refractivity contribution in [1.29, 1.82) is 0 Å². The number of rotatable bonds is 7. The highest BCUT2D eigenvalue weighted by Crippen LogP contribution is 2.25. The van der Waals surface area contributed by atoms with Crippen LogP contribution in [0.2, 0.25) is 0 Å². The summed E-state index contributed by atoms with van der Waals surface area (Å²) in [6, 6.07) is 4.55. The Bertz CT molecular complexity index is 803. The molecule has 7 nitrogen and oxygen atoms in total. The van der Waals surface area contributed by atoms with Gasteiger partial charge in [-0.25, -0.2) is 13.1 Å². The fourth-order valence-electron chi connectivity index (χ4n) is 3.01. The fraction of sp³-hybridized carbons (Fsp3) is 0.611. The van der Waals surface area contributed by atoms with E-state index < -0.39 is 10.0 Å². The molecule has 1 saturated heterocycles. The maximum Gasteiger partial charge on any atom is 0.252 e. The quantitative estimate of drug-likeness (QED) is 0.647. The van der Waals surface area contributed by atoms with Gasteiger partial charge in [0, 0.05) is 35.7 Å². The van der Waals surface area contributed by atoms with Crippen LogP contribution in [0.5, 0.6) is 0 Å². The van der Waals surface area contributed by atoms with Crippen molar-refractivity contribution in [2.75, 3.05) is 32.8 Å². The van der Waals surface area contributed by atoms with Gasteiger partial charge in [-0.3, -0.25) is 9.69 Å². The summed E-state index contributed by atoms with van der Waals surface area (Å²) in [6.45, 7) is 7.64. The fourth-order valence-corrected chi connectivity index (χ4v) is 4.76. The van der Waals surface area contributed by atoms with Gasteiger partial charge < -0.3 is 10.1 Å². The van der Waals surface area contributed by atoms with Crippen LogP contribution in [0.1, 0.15) is 37.0 Å². The molecule has 2 fully saturated rings. The molecule has 27 heavy (non-hydrogen) atoms. The molecule has 0 bridgehead atoms. The second kappa shape index (κ2) is 8.16. The Labute approximate surface area is 169 Å². The number of hydrogen-bond acceptors (Lipinski definition) is 5. The Balaban J connectivity index is 1.69. The van der Waals surface area contributed by atoms with Gasteiger partial charge in [0.15, 0.2) is 0 Å². The van der Waals surface area contributed by atoms with Gasteiger partial charge in [-0.1, -0.05) is 0 Å². The lowest BCUT2D eigenvalue weighted by molar-refractivity contribution is -0.00923. The van der Waals surface area contributed by atoms with Crippen molar-refractivity contribution in [2.45, 2.75) is 43.2 Å². The van der Waals surface area contributed by atoms with Crippen molar-refractivity contribution in [2.24, 2.45) is 0 Å². The zero-order valence-electron chi connectivity index (χ0n) is 15.6. The summed E-state index contributed by atoms with van der Waals surface area (Å²) < 4.78 is 33.4. The molecule has 0 spiro atoms. The number of hydrogen-bond donors (Lipinski definition) is 2. The van der Waals surface area contributed by atoms with Crippen LogP contribution in [0.4, 0.5) is 0 Å². The maximum atomic E-state index is 12.7.